The number of hydrogen-bond acceptors (Lipinski definition) is 4. The molecule has 1 aliphatic carbocycles. The second-order valence-corrected chi connectivity index (χ2v) is 9.03. The third-order valence-electron chi connectivity index (χ3n) is 6.30. The Bertz CT molecular complexity index is 1070. The number of carbonyl (C=O) groups excluding carboxylic acids is 1. The summed E-state index contributed by atoms with van der Waals surface area (Å²) in [5.41, 5.74) is 0.702. The Morgan fingerprint density at radius 3 is 2.54 bits per heavy atom. The number of amides is 1. The number of fused-ring (bicyclic) bond motifs is 3. The number of hydrogen-bond donors (Lipinski definition) is 1. The summed E-state index contributed by atoms with van der Waals surface area (Å²) in [6, 6.07) is 10.3. The Kier molecular flexibility index (Phi) is 4.69. The lowest BCUT2D eigenvalue weighted by molar-refractivity contribution is 0.0527. The van der Waals surface area contributed by atoms with E-state index in [1.807, 2.05) is 29.2 Å². The first-order chi connectivity index (χ1) is 13.7. The van der Waals surface area contributed by atoms with Crippen LogP contribution in [0.25, 0.3) is 21.0 Å². The standard InChI is InChI=1S/C22H25N3O2S/c26-21-17-14-19(28-20(17)16-8-4-5-9-18(16)23-21)22(27)25-12-10-24(11-13-25)15-6-2-1-3-7-15/h4-5,8-9,14-15H,1-3,6-7,10-13H2,(H,23,26). The van der Waals surface area contributed by atoms with Crippen LogP contribution in [-0.4, -0.2) is 52.9 Å². The van der Waals surface area contributed by atoms with Crippen LogP contribution in [0.2, 0.25) is 0 Å². The van der Waals surface area contributed by atoms with Crippen molar-refractivity contribution in [2.75, 3.05) is 26.2 Å². The molecular weight excluding hydrogens is 370 g/mol. The molecule has 0 atom stereocenters. The van der Waals surface area contributed by atoms with Crippen LogP contribution < -0.4 is 5.56 Å². The van der Waals surface area contributed by atoms with Crippen molar-refractivity contribution < 1.29 is 4.79 Å². The number of aromatic nitrogens is 1. The fraction of sp³-hybridized carbons (Fsp3) is 0.455. The van der Waals surface area contributed by atoms with Gasteiger partial charge in [-0.2, -0.15) is 0 Å². The SMILES string of the molecule is O=C(c1cc2c(=O)[nH]c3ccccc3c2s1)N1CCN(C2CCCCC2)CC1. The second-order valence-electron chi connectivity index (χ2n) is 7.97. The summed E-state index contributed by atoms with van der Waals surface area (Å²) in [6.45, 7) is 3.48. The normalized spacial score (nSPS) is 19.5. The van der Waals surface area contributed by atoms with Gasteiger partial charge in [-0.25, -0.2) is 0 Å². The minimum atomic E-state index is -0.119. The van der Waals surface area contributed by atoms with Gasteiger partial charge in [-0.15, -0.1) is 11.3 Å². The van der Waals surface area contributed by atoms with Crippen molar-refractivity contribution in [2.45, 2.75) is 38.1 Å². The Labute approximate surface area is 168 Å². The lowest BCUT2D eigenvalue weighted by atomic mass is 9.94. The number of rotatable bonds is 2. The van der Waals surface area contributed by atoms with E-state index in [0.29, 0.717) is 16.3 Å². The van der Waals surface area contributed by atoms with Crippen LogP contribution in [0.5, 0.6) is 0 Å². The van der Waals surface area contributed by atoms with E-state index in [1.165, 1.54) is 43.4 Å². The Hall–Kier alpha value is -2.18. The van der Waals surface area contributed by atoms with Crippen LogP contribution >= 0.6 is 11.3 Å². The monoisotopic (exact) mass is 395 g/mol. The molecule has 1 saturated heterocycles. The predicted octanol–water partition coefficient (Wildman–Crippen LogP) is 3.83. The van der Waals surface area contributed by atoms with E-state index in [0.717, 1.165) is 41.8 Å². The van der Waals surface area contributed by atoms with Gasteiger partial charge >= 0.3 is 0 Å². The molecule has 0 unspecified atom stereocenters. The minimum Gasteiger partial charge on any atom is -0.335 e. The van der Waals surface area contributed by atoms with Crippen molar-refractivity contribution in [1.29, 1.82) is 0 Å². The van der Waals surface area contributed by atoms with Crippen molar-refractivity contribution in [3.05, 3.63) is 45.6 Å². The first kappa shape index (κ1) is 17.9. The van der Waals surface area contributed by atoms with Crippen LogP contribution in [0.3, 0.4) is 0 Å². The van der Waals surface area contributed by atoms with Gasteiger partial charge in [0, 0.05) is 47.8 Å². The molecule has 28 heavy (non-hydrogen) atoms. The summed E-state index contributed by atoms with van der Waals surface area (Å²) in [4.78, 5) is 33.7. The fourth-order valence-corrected chi connectivity index (χ4v) is 5.90. The number of thiophene rings is 1. The molecule has 0 bridgehead atoms. The lowest BCUT2D eigenvalue weighted by Crippen LogP contribution is -2.52. The molecule has 5 nitrogen and oxygen atoms in total. The molecule has 3 heterocycles. The molecule has 1 aliphatic heterocycles. The number of aromatic amines is 1. The van der Waals surface area contributed by atoms with Crippen molar-refractivity contribution in [1.82, 2.24) is 14.8 Å². The van der Waals surface area contributed by atoms with Gasteiger partial charge in [-0.05, 0) is 25.0 Å². The summed E-state index contributed by atoms with van der Waals surface area (Å²) in [5.74, 6) is 0.0629. The quantitative estimate of drug-likeness (QED) is 0.717. The molecule has 2 aromatic heterocycles. The summed E-state index contributed by atoms with van der Waals surface area (Å²) in [6.07, 6.45) is 6.66. The molecule has 2 aliphatic rings. The van der Waals surface area contributed by atoms with Crippen molar-refractivity contribution in [3.63, 3.8) is 0 Å². The molecule has 2 fully saturated rings. The third-order valence-corrected chi connectivity index (χ3v) is 7.46. The first-order valence-corrected chi connectivity index (χ1v) is 11.1. The molecular formula is C22H25N3O2S. The Morgan fingerprint density at radius 2 is 1.75 bits per heavy atom. The zero-order chi connectivity index (χ0) is 19.1. The van der Waals surface area contributed by atoms with Gasteiger partial charge in [0.05, 0.1) is 10.3 Å². The fourth-order valence-electron chi connectivity index (χ4n) is 4.74. The molecule has 1 aromatic carbocycles. The number of piperazine rings is 1. The molecule has 1 N–H and O–H groups in total. The van der Waals surface area contributed by atoms with Crippen molar-refractivity contribution in [2.24, 2.45) is 0 Å². The van der Waals surface area contributed by atoms with Gasteiger partial charge in [-0.3, -0.25) is 14.5 Å². The first-order valence-electron chi connectivity index (χ1n) is 10.3. The summed E-state index contributed by atoms with van der Waals surface area (Å²) in [7, 11) is 0. The molecule has 1 amide bonds. The summed E-state index contributed by atoms with van der Waals surface area (Å²) >= 11 is 1.45. The number of para-hydroxylation sites is 1. The van der Waals surface area contributed by atoms with Crippen LogP contribution in [0.15, 0.2) is 35.1 Å². The highest BCUT2D eigenvalue weighted by Crippen LogP contribution is 2.30. The third kappa shape index (κ3) is 3.14. The lowest BCUT2D eigenvalue weighted by Gasteiger charge is -2.40. The number of carbonyl (C=O) groups is 1. The molecule has 0 radical (unpaired) electrons. The van der Waals surface area contributed by atoms with Crippen LogP contribution in [0.1, 0.15) is 41.8 Å². The maximum atomic E-state index is 13.1. The van der Waals surface area contributed by atoms with Gasteiger partial charge in [-0.1, -0.05) is 37.5 Å². The average molecular weight is 396 g/mol. The minimum absolute atomic E-state index is 0.0629. The molecule has 3 aromatic rings. The topological polar surface area (TPSA) is 56.4 Å². The van der Waals surface area contributed by atoms with Crippen molar-refractivity contribution >= 4 is 38.2 Å². The molecule has 0 spiro atoms. The van der Waals surface area contributed by atoms with Gasteiger partial charge in [0.25, 0.3) is 11.5 Å². The maximum absolute atomic E-state index is 13.1. The van der Waals surface area contributed by atoms with Crippen LogP contribution in [0, 0.1) is 0 Å². The predicted molar refractivity (Wildman–Crippen MR) is 114 cm³/mol. The average Bonchev–Trinajstić information content (AvgIpc) is 3.21. The van der Waals surface area contributed by atoms with E-state index in [-0.39, 0.29) is 11.5 Å². The van der Waals surface area contributed by atoms with E-state index >= 15 is 0 Å². The van der Waals surface area contributed by atoms with Gasteiger partial charge in [0.2, 0.25) is 0 Å². The second kappa shape index (κ2) is 7.33. The zero-order valence-electron chi connectivity index (χ0n) is 15.9. The highest BCUT2D eigenvalue weighted by atomic mass is 32.1. The number of H-pyrrole nitrogens is 1. The van der Waals surface area contributed by atoms with Gasteiger partial charge in [0.15, 0.2) is 0 Å². The summed E-state index contributed by atoms with van der Waals surface area (Å²) in [5, 5.41) is 1.62. The molecule has 1 saturated carbocycles. The number of nitrogens with zero attached hydrogens (tertiary/aromatic N) is 2. The molecule has 146 valence electrons. The van der Waals surface area contributed by atoms with Crippen LogP contribution in [-0.2, 0) is 0 Å². The van der Waals surface area contributed by atoms with Gasteiger partial charge < -0.3 is 9.88 Å². The number of pyridine rings is 1. The zero-order valence-corrected chi connectivity index (χ0v) is 16.8. The molecule has 6 heteroatoms. The highest BCUT2D eigenvalue weighted by Gasteiger charge is 2.28. The number of nitrogens with one attached hydrogen (secondary N) is 1. The van der Waals surface area contributed by atoms with E-state index in [4.69, 9.17) is 0 Å². The maximum Gasteiger partial charge on any atom is 0.264 e. The van der Waals surface area contributed by atoms with E-state index in [9.17, 15) is 9.59 Å². The smallest absolute Gasteiger partial charge is 0.264 e. The van der Waals surface area contributed by atoms with Gasteiger partial charge in [0.1, 0.15) is 0 Å². The highest BCUT2D eigenvalue weighted by molar-refractivity contribution is 7.21. The summed E-state index contributed by atoms with van der Waals surface area (Å²) < 4.78 is 0.906. The molecule has 5 rings (SSSR count). The Morgan fingerprint density at radius 1 is 1.00 bits per heavy atom. The number of benzene rings is 1. The largest absolute Gasteiger partial charge is 0.335 e. The Balaban J connectivity index is 1.37. The van der Waals surface area contributed by atoms with Crippen LogP contribution in [0.4, 0.5) is 0 Å². The van der Waals surface area contributed by atoms with E-state index in [1.54, 1.807) is 6.07 Å². The van der Waals surface area contributed by atoms with E-state index in [2.05, 4.69) is 9.88 Å². The van der Waals surface area contributed by atoms with E-state index < -0.39 is 0 Å². The van der Waals surface area contributed by atoms with Crippen molar-refractivity contribution in [3.8, 4) is 0 Å².